The fourth-order valence-electron chi connectivity index (χ4n) is 1.45. The lowest BCUT2D eigenvalue weighted by atomic mass is 10.1. The van der Waals surface area contributed by atoms with Gasteiger partial charge < -0.3 is 5.73 Å². The number of halogens is 2. The van der Waals surface area contributed by atoms with Crippen LogP contribution in [0.2, 0.25) is 0 Å². The number of hydrogen-bond acceptors (Lipinski definition) is 3. The normalized spacial score (nSPS) is 11.7. The van der Waals surface area contributed by atoms with Gasteiger partial charge >= 0.3 is 0 Å². The molecule has 0 spiro atoms. The Kier molecular flexibility index (Phi) is 5.64. The molecule has 1 aromatic rings. The maximum atomic E-state index is 12.9. The van der Waals surface area contributed by atoms with Crippen molar-refractivity contribution >= 4 is 10.0 Å². The monoisotopic (exact) mass is 278 g/mol. The summed E-state index contributed by atoms with van der Waals surface area (Å²) in [4.78, 5) is 0. The molecule has 7 heteroatoms. The standard InChI is InChI=1S/C11H16F2N2O2S/c12-10-6-9(7-11(13)8-10)2-4-15-18(16,17)5-1-3-14/h6-8,15H,1-5,14H2. The van der Waals surface area contributed by atoms with Crippen molar-refractivity contribution in [2.75, 3.05) is 18.8 Å². The van der Waals surface area contributed by atoms with Gasteiger partial charge in [0.25, 0.3) is 0 Å². The summed E-state index contributed by atoms with van der Waals surface area (Å²) in [7, 11) is -3.35. The highest BCUT2D eigenvalue weighted by atomic mass is 32.2. The molecule has 0 aromatic heterocycles. The van der Waals surface area contributed by atoms with Gasteiger partial charge in [-0.05, 0) is 37.1 Å². The van der Waals surface area contributed by atoms with Crippen LogP contribution in [-0.4, -0.2) is 27.3 Å². The molecule has 0 heterocycles. The van der Waals surface area contributed by atoms with Gasteiger partial charge in [-0.25, -0.2) is 21.9 Å². The lowest BCUT2D eigenvalue weighted by Gasteiger charge is -2.06. The second kappa shape index (κ2) is 6.77. The average molecular weight is 278 g/mol. The van der Waals surface area contributed by atoms with E-state index in [1.807, 2.05) is 0 Å². The van der Waals surface area contributed by atoms with E-state index in [4.69, 9.17) is 5.73 Å². The van der Waals surface area contributed by atoms with Crippen molar-refractivity contribution in [3.8, 4) is 0 Å². The summed E-state index contributed by atoms with van der Waals surface area (Å²) in [5.74, 6) is -1.38. The summed E-state index contributed by atoms with van der Waals surface area (Å²) >= 11 is 0. The van der Waals surface area contributed by atoms with E-state index in [2.05, 4.69) is 4.72 Å². The maximum absolute atomic E-state index is 12.9. The van der Waals surface area contributed by atoms with Gasteiger partial charge in [0, 0.05) is 12.6 Å². The minimum absolute atomic E-state index is 0.0407. The van der Waals surface area contributed by atoms with Gasteiger partial charge in [0.15, 0.2) is 0 Å². The molecule has 18 heavy (non-hydrogen) atoms. The van der Waals surface area contributed by atoms with Gasteiger partial charge in [-0.2, -0.15) is 0 Å². The molecule has 0 unspecified atom stereocenters. The molecule has 3 N–H and O–H groups in total. The van der Waals surface area contributed by atoms with Gasteiger partial charge in [-0.1, -0.05) is 0 Å². The fourth-order valence-corrected chi connectivity index (χ4v) is 2.56. The summed E-state index contributed by atoms with van der Waals surface area (Å²) < 4.78 is 50.9. The molecule has 0 atom stereocenters. The van der Waals surface area contributed by atoms with Crippen LogP contribution in [0.4, 0.5) is 8.78 Å². The molecule has 0 radical (unpaired) electrons. The van der Waals surface area contributed by atoms with E-state index in [1.165, 1.54) is 12.1 Å². The van der Waals surface area contributed by atoms with E-state index in [0.717, 1.165) is 6.07 Å². The first-order valence-electron chi connectivity index (χ1n) is 5.55. The summed E-state index contributed by atoms with van der Waals surface area (Å²) in [6.07, 6.45) is 0.612. The van der Waals surface area contributed by atoms with Crippen molar-refractivity contribution in [3.63, 3.8) is 0 Å². The van der Waals surface area contributed by atoms with Crippen LogP contribution in [0.5, 0.6) is 0 Å². The molecular formula is C11H16F2N2O2S. The average Bonchev–Trinajstić information content (AvgIpc) is 2.25. The Morgan fingerprint density at radius 2 is 1.78 bits per heavy atom. The maximum Gasteiger partial charge on any atom is 0.211 e. The molecule has 0 saturated heterocycles. The van der Waals surface area contributed by atoms with Crippen LogP contribution in [-0.2, 0) is 16.4 Å². The topological polar surface area (TPSA) is 72.2 Å². The molecule has 0 aliphatic heterocycles. The van der Waals surface area contributed by atoms with Gasteiger partial charge in [0.05, 0.1) is 5.75 Å². The lowest BCUT2D eigenvalue weighted by molar-refractivity contribution is 0.575. The Morgan fingerprint density at radius 3 is 2.33 bits per heavy atom. The summed E-state index contributed by atoms with van der Waals surface area (Å²) in [5, 5.41) is 0. The van der Waals surface area contributed by atoms with Crippen LogP contribution in [0.3, 0.4) is 0 Å². The van der Waals surface area contributed by atoms with Crippen LogP contribution in [0.1, 0.15) is 12.0 Å². The molecular weight excluding hydrogens is 262 g/mol. The van der Waals surface area contributed by atoms with E-state index < -0.39 is 21.7 Å². The SMILES string of the molecule is NCCCS(=O)(=O)NCCc1cc(F)cc(F)c1. The predicted molar refractivity (Wildman–Crippen MR) is 65.5 cm³/mol. The van der Waals surface area contributed by atoms with Crippen molar-refractivity contribution in [3.05, 3.63) is 35.4 Å². The molecule has 0 bridgehead atoms. The summed E-state index contributed by atoms with van der Waals surface area (Å²) in [6, 6.07) is 3.13. The highest BCUT2D eigenvalue weighted by Crippen LogP contribution is 2.08. The zero-order chi connectivity index (χ0) is 13.6. The van der Waals surface area contributed by atoms with Gasteiger partial charge in [-0.3, -0.25) is 0 Å². The molecule has 1 rings (SSSR count). The van der Waals surface area contributed by atoms with E-state index in [0.29, 0.717) is 18.5 Å². The third kappa shape index (κ3) is 5.52. The molecule has 0 fully saturated rings. The Bertz CT molecular complexity index is 472. The van der Waals surface area contributed by atoms with Crippen LogP contribution >= 0.6 is 0 Å². The highest BCUT2D eigenvalue weighted by Gasteiger charge is 2.08. The van der Waals surface area contributed by atoms with E-state index in [1.54, 1.807) is 0 Å². The van der Waals surface area contributed by atoms with Crippen LogP contribution < -0.4 is 10.5 Å². The van der Waals surface area contributed by atoms with E-state index >= 15 is 0 Å². The van der Waals surface area contributed by atoms with Gasteiger partial charge in [0.2, 0.25) is 10.0 Å². The zero-order valence-electron chi connectivity index (χ0n) is 9.83. The first-order chi connectivity index (χ1) is 8.43. The third-order valence-electron chi connectivity index (χ3n) is 2.28. The summed E-state index contributed by atoms with van der Waals surface area (Å²) in [6.45, 7) is 0.409. The largest absolute Gasteiger partial charge is 0.330 e. The van der Waals surface area contributed by atoms with Crippen molar-refractivity contribution in [2.24, 2.45) is 5.73 Å². The quantitative estimate of drug-likeness (QED) is 0.774. The number of sulfonamides is 1. The van der Waals surface area contributed by atoms with Crippen LogP contribution in [0.15, 0.2) is 18.2 Å². The van der Waals surface area contributed by atoms with Crippen molar-refractivity contribution in [2.45, 2.75) is 12.8 Å². The van der Waals surface area contributed by atoms with Crippen molar-refractivity contribution < 1.29 is 17.2 Å². The Morgan fingerprint density at radius 1 is 1.17 bits per heavy atom. The van der Waals surface area contributed by atoms with Crippen molar-refractivity contribution in [1.29, 1.82) is 0 Å². The van der Waals surface area contributed by atoms with Gasteiger partial charge in [-0.15, -0.1) is 0 Å². The molecule has 102 valence electrons. The smallest absolute Gasteiger partial charge is 0.211 e. The number of hydrogen-bond donors (Lipinski definition) is 2. The predicted octanol–water partition coefficient (Wildman–Crippen LogP) is 0.776. The van der Waals surface area contributed by atoms with Crippen molar-refractivity contribution in [1.82, 2.24) is 4.72 Å². The zero-order valence-corrected chi connectivity index (χ0v) is 10.6. The minimum Gasteiger partial charge on any atom is -0.330 e. The molecule has 0 aliphatic carbocycles. The first-order valence-corrected chi connectivity index (χ1v) is 7.20. The van der Waals surface area contributed by atoms with E-state index in [9.17, 15) is 17.2 Å². The Balaban J connectivity index is 2.46. The number of benzene rings is 1. The number of rotatable bonds is 7. The second-order valence-electron chi connectivity index (χ2n) is 3.88. The Labute approximate surface area is 105 Å². The molecule has 0 amide bonds. The molecule has 1 aromatic carbocycles. The third-order valence-corrected chi connectivity index (χ3v) is 3.75. The van der Waals surface area contributed by atoms with Crippen LogP contribution in [0, 0.1) is 11.6 Å². The minimum atomic E-state index is -3.35. The number of nitrogens with two attached hydrogens (primary N) is 1. The first kappa shape index (κ1) is 15.0. The highest BCUT2D eigenvalue weighted by molar-refractivity contribution is 7.89. The number of nitrogens with one attached hydrogen (secondary N) is 1. The molecule has 0 aliphatic rings. The Hall–Kier alpha value is -1.05. The summed E-state index contributed by atoms with van der Waals surface area (Å²) in [5.41, 5.74) is 5.62. The van der Waals surface area contributed by atoms with E-state index in [-0.39, 0.29) is 18.7 Å². The lowest BCUT2D eigenvalue weighted by Crippen LogP contribution is -2.29. The van der Waals surface area contributed by atoms with Gasteiger partial charge in [0.1, 0.15) is 11.6 Å². The fraction of sp³-hybridized carbons (Fsp3) is 0.455. The molecule has 4 nitrogen and oxygen atoms in total. The van der Waals surface area contributed by atoms with Crippen LogP contribution in [0.25, 0.3) is 0 Å². The second-order valence-corrected chi connectivity index (χ2v) is 5.81. The molecule has 0 saturated carbocycles.